The molecule has 0 fully saturated rings. The lowest BCUT2D eigenvalue weighted by molar-refractivity contribution is 0.426. The topological polar surface area (TPSA) is 82.0 Å². The van der Waals surface area contributed by atoms with Gasteiger partial charge in [0.25, 0.3) is 5.78 Å². The van der Waals surface area contributed by atoms with Crippen molar-refractivity contribution in [1.82, 2.24) is 29.8 Å². The lowest BCUT2D eigenvalue weighted by Crippen LogP contribution is -1.93. The van der Waals surface area contributed by atoms with Crippen molar-refractivity contribution in [2.24, 2.45) is 5.92 Å². The van der Waals surface area contributed by atoms with Crippen molar-refractivity contribution in [1.29, 1.82) is 0 Å². The van der Waals surface area contributed by atoms with Crippen molar-refractivity contribution in [2.75, 3.05) is 0 Å². The molecule has 0 aliphatic rings. The van der Waals surface area contributed by atoms with Crippen LogP contribution in [0.15, 0.2) is 28.0 Å². The van der Waals surface area contributed by atoms with E-state index >= 15 is 0 Å². The van der Waals surface area contributed by atoms with Crippen LogP contribution in [-0.4, -0.2) is 29.8 Å². The minimum Gasteiger partial charge on any atom is -0.424 e. The van der Waals surface area contributed by atoms with Crippen LogP contribution in [0, 0.1) is 5.92 Å². The summed E-state index contributed by atoms with van der Waals surface area (Å²) < 4.78 is 7.33. The Morgan fingerprint density at radius 2 is 2.14 bits per heavy atom. The number of aromatic nitrogens is 6. The predicted octanol–water partition coefficient (Wildman–Crippen LogP) is 2.56. The predicted molar refractivity (Wildman–Crippen MR) is 77.9 cm³/mol. The van der Waals surface area contributed by atoms with Gasteiger partial charge in [-0.25, -0.2) is 9.50 Å². The summed E-state index contributed by atoms with van der Waals surface area (Å²) >= 11 is 1.48. The smallest absolute Gasteiger partial charge is 0.253 e. The van der Waals surface area contributed by atoms with E-state index in [4.69, 9.17) is 4.42 Å². The Morgan fingerprint density at radius 1 is 1.29 bits per heavy atom. The van der Waals surface area contributed by atoms with Crippen LogP contribution in [0.4, 0.5) is 0 Å². The van der Waals surface area contributed by atoms with Gasteiger partial charge in [-0.1, -0.05) is 25.6 Å². The van der Waals surface area contributed by atoms with Gasteiger partial charge < -0.3 is 4.42 Å². The zero-order valence-electron chi connectivity index (χ0n) is 12.1. The van der Waals surface area contributed by atoms with Crippen molar-refractivity contribution < 1.29 is 4.42 Å². The molecule has 3 aromatic rings. The number of rotatable bonds is 5. The molecule has 0 spiro atoms. The van der Waals surface area contributed by atoms with Crippen LogP contribution in [0.1, 0.15) is 37.8 Å². The highest BCUT2D eigenvalue weighted by Crippen LogP contribution is 2.32. The van der Waals surface area contributed by atoms with E-state index in [9.17, 15) is 0 Å². The first-order valence-electron chi connectivity index (χ1n) is 6.78. The molecule has 0 radical (unpaired) electrons. The summed E-state index contributed by atoms with van der Waals surface area (Å²) in [6.07, 6.45) is 4.30. The summed E-state index contributed by atoms with van der Waals surface area (Å²) in [4.78, 5) is 8.49. The van der Waals surface area contributed by atoms with Crippen molar-refractivity contribution >= 4 is 17.5 Å². The normalized spacial score (nSPS) is 13.1. The van der Waals surface area contributed by atoms with E-state index < -0.39 is 0 Å². The van der Waals surface area contributed by atoms with E-state index in [1.165, 1.54) is 11.8 Å². The van der Waals surface area contributed by atoms with Gasteiger partial charge in [0, 0.05) is 18.8 Å². The molecule has 0 aliphatic carbocycles. The molecule has 7 nitrogen and oxygen atoms in total. The lowest BCUT2D eigenvalue weighted by atomic mass is 10.1. The van der Waals surface area contributed by atoms with Gasteiger partial charge in [0.15, 0.2) is 0 Å². The fourth-order valence-electron chi connectivity index (χ4n) is 1.83. The summed E-state index contributed by atoms with van der Waals surface area (Å²) in [6, 6.07) is 1.82. The molecule has 110 valence electrons. The Labute approximate surface area is 126 Å². The fraction of sp³-hybridized carbons (Fsp3) is 0.462. The second-order valence-corrected chi connectivity index (χ2v) is 6.46. The maximum atomic E-state index is 5.68. The van der Waals surface area contributed by atoms with Crippen LogP contribution in [0.5, 0.6) is 0 Å². The number of hydrogen-bond donors (Lipinski definition) is 0. The molecule has 0 saturated heterocycles. The number of hydrogen-bond acceptors (Lipinski definition) is 7. The number of thioether (sulfide) groups is 1. The van der Waals surface area contributed by atoms with Crippen molar-refractivity contribution in [3.05, 3.63) is 30.2 Å². The molecule has 3 rings (SSSR count). The van der Waals surface area contributed by atoms with Crippen LogP contribution in [-0.2, 0) is 6.42 Å². The van der Waals surface area contributed by atoms with Gasteiger partial charge in [-0.15, -0.1) is 15.3 Å². The van der Waals surface area contributed by atoms with Crippen LogP contribution < -0.4 is 0 Å². The molecule has 3 heterocycles. The van der Waals surface area contributed by atoms with Gasteiger partial charge in [0.05, 0.1) is 5.25 Å². The monoisotopic (exact) mass is 304 g/mol. The van der Waals surface area contributed by atoms with E-state index in [-0.39, 0.29) is 5.25 Å². The summed E-state index contributed by atoms with van der Waals surface area (Å²) in [5, 5.41) is 13.2. The standard InChI is InChI=1S/C13H16N6OS/c1-8(2)7-10-16-17-11(20-10)9(3)21-13-15-12-14-5-4-6-19(12)18-13/h4-6,8-9H,7H2,1-3H3/t9-/m1/s1. The summed E-state index contributed by atoms with van der Waals surface area (Å²) in [7, 11) is 0. The lowest BCUT2D eigenvalue weighted by Gasteiger charge is -2.02. The molecule has 0 bridgehead atoms. The maximum absolute atomic E-state index is 5.68. The molecule has 0 N–H and O–H groups in total. The Bertz CT molecular complexity index is 704. The molecule has 0 unspecified atom stereocenters. The SMILES string of the molecule is CC(C)Cc1nnc([C@@H](C)Sc2nc3ncccn3n2)o1. The third-order valence-electron chi connectivity index (χ3n) is 2.79. The minimum atomic E-state index is -0.00387. The molecule has 0 aromatic carbocycles. The van der Waals surface area contributed by atoms with Gasteiger partial charge >= 0.3 is 0 Å². The first-order valence-corrected chi connectivity index (χ1v) is 7.66. The highest BCUT2D eigenvalue weighted by atomic mass is 32.2. The average molecular weight is 304 g/mol. The van der Waals surface area contributed by atoms with Gasteiger partial charge in [0.2, 0.25) is 16.9 Å². The van der Waals surface area contributed by atoms with Crippen LogP contribution in [0.3, 0.4) is 0 Å². The molecule has 21 heavy (non-hydrogen) atoms. The van der Waals surface area contributed by atoms with E-state index in [0.717, 1.165) is 6.42 Å². The third kappa shape index (κ3) is 3.21. The summed E-state index contributed by atoms with van der Waals surface area (Å²) in [5.41, 5.74) is 0. The first kappa shape index (κ1) is 14.0. The highest BCUT2D eigenvalue weighted by Gasteiger charge is 2.18. The number of nitrogens with zero attached hydrogens (tertiary/aromatic N) is 6. The fourth-order valence-corrected chi connectivity index (χ4v) is 2.62. The molecule has 3 aromatic heterocycles. The molecular formula is C13H16N6OS. The third-order valence-corrected chi connectivity index (χ3v) is 3.73. The van der Waals surface area contributed by atoms with E-state index in [1.54, 1.807) is 10.7 Å². The maximum Gasteiger partial charge on any atom is 0.253 e. The van der Waals surface area contributed by atoms with Gasteiger partial charge in [-0.3, -0.25) is 0 Å². The molecule has 1 atom stereocenters. The second kappa shape index (κ2) is 5.80. The molecule has 0 aliphatic heterocycles. The van der Waals surface area contributed by atoms with E-state index in [1.807, 2.05) is 19.2 Å². The molecule has 0 amide bonds. The Balaban J connectivity index is 1.73. The minimum absolute atomic E-state index is 0.00387. The molecule has 0 saturated carbocycles. The van der Waals surface area contributed by atoms with E-state index in [0.29, 0.717) is 28.6 Å². The zero-order valence-corrected chi connectivity index (χ0v) is 12.9. The quantitative estimate of drug-likeness (QED) is 0.670. The van der Waals surface area contributed by atoms with Crippen molar-refractivity contribution in [3.8, 4) is 0 Å². The second-order valence-electron chi connectivity index (χ2n) is 5.15. The summed E-state index contributed by atoms with van der Waals surface area (Å²) in [6.45, 7) is 6.24. The first-order chi connectivity index (χ1) is 10.1. The molecular weight excluding hydrogens is 288 g/mol. The zero-order chi connectivity index (χ0) is 14.8. The Hall–Kier alpha value is -1.96. The van der Waals surface area contributed by atoms with Crippen LogP contribution >= 0.6 is 11.8 Å². The summed E-state index contributed by atoms with van der Waals surface area (Å²) in [5.74, 6) is 2.35. The van der Waals surface area contributed by atoms with Crippen LogP contribution in [0.2, 0.25) is 0 Å². The van der Waals surface area contributed by atoms with Crippen molar-refractivity contribution in [2.45, 2.75) is 37.6 Å². The largest absolute Gasteiger partial charge is 0.424 e. The Morgan fingerprint density at radius 3 is 2.90 bits per heavy atom. The van der Waals surface area contributed by atoms with Gasteiger partial charge in [-0.2, -0.15) is 4.98 Å². The van der Waals surface area contributed by atoms with Crippen LogP contribution in [0.25, 0.3) is 5.78 Å². The van der Waals surface area contributed by atoms with E-state index in [2.05, 4.69) is 39.1 Å². The molecule has 8 heteroatoms. The highest BCUT2D eigenvalue weighted by molar-refractivity contribution is 7.99. The van der Waals surface area contributed by atoms with Gasteiger partial charge in [0.1, 0.15) is 0 Å². The average Bonchev–Trinajstić information content (AvgIpc) is 3.03. The Kier molecular flexibility index (Phi) is 3.87. The number of fused-ring (bicyclic) bond motifs is 1. The van der Waals surface area contributed by atoms with Gasteiger partial charge in [-0.05, 0) is 18.9 Å². The van der Waals surface area contributed by atoms with Crippen molar-refractivity contribution in [3.63, 3.8) is 0 Å².